The number of hydrogen-bond acceptors (Lipinski definition) is 3. The molecule has 1 N–H and O–H groups in total. The van der Waals surface area contributed by atoms with Crippen molar-refractivity contribution in [2.75, 3.05) is 7.11 Å². The summed E-state index contributed by atoms with van der Waals surface area (Å²) >= 11 is 12.1. The summed E-state index contributed by atoms with van der Waals surface area (Å²) < 4.78 is 32.6. The summed E-state index contributed by atoms with van der Waals surface area (Å²) in [4.78, 5) is 12.4. The first-order valence-corrected chi connectivity index (χ1v) is 8.10. The number of halogens is 4. The summed E-state index contributed by atoms with van der Waals surface area (Å²) in [6.07, 6.45) is -2.18. The number of nitrogens with zero attached hydrogens (tertiary/aromatic N) is 2. The number of ether oxygens (including phenoxy) is 1. The van der Waals surface area contributed by atoms with Crippen LogP contribution < -0.4 is 5.32 Å². The minimum Gasteiger partial charge on any atom is -0.375 e. The molecule has 0 aliphatic carbocycles. The van der Waals surface area contributed by atoms with Crippen molar-refractivity contribution in [1.82, 2.24) is 15.1 Å². The number of nitrogens with one attached hydrogen (secondary N) is 1. The number of benzene rings is 1. The van der Waals surface area contributed by atoms with Crippen molar-refractivity contribution in [3.8, 4) is 0 Å². The Morgan fingerprint density at radius 2 is 2.04 bits per heavy atom. The van der Waals surface area contributed by atoms with Crippen LogP contribution in [0, 0.1) is 0 Å². The van der Waals surface area contributed by atoms with Crippen LogP contribution >= 0.6 is 23.2 Å². The van der Waals surface area contributed by atoms with E-state index in [1.54, 1.807) is 25.1 Å². The number of carbonyl (C=O) groups is 1. The van der Waals surface area contributed by atoms with Gasteiger partial charge in [0.15, 0.2) is 0 Å². The number of amides is 1. The largest absolute Gasteiger partial charge is 0.375 e. The number of aromatic nitrogens is 2. The van der Waals surface area contributed by atoms with Gasteiger partial charge in [0.2, 0.25) is 0 Å². The van der Waals surface area contributed by atoms with Gasteiger partial charge in [0.1, 0.15) is 11.8 Å². The quantitative estimate of drug-likeness (QED) is 0.803. The Labute approximate surface area is 153 Å². The highest BCUT2D eigenvalue weighted by Gasteiger charge is 2.27. The SMILES string of the molecule is CO[C@@H](c1ccc(Cl)cc1Cl)C(C)NC(=O)c1cn(C)nc1C(F)F. The molecule has 9 heteroatoms. The predicted molar refractivity (Wildman–Crippen MR) is 91.3 cm³/mol. The highest BCUT2D eigenvalue weighted by atomic mass is 35.5. The third kappa shape index (κ3) is 4.48. The molecular formula is C16H17Cl2F2N3O2. The Hall–Kier alpha value is -1.70. The van der Waals surface area contributed by atoms with Gasteiger partial charge >= 0.3 is 0 Å². The second kappa shape index (κ2) is 8.12. The van der Waals surface area contributed by atoms with Crippen molar-refractivity contribution < 1.29 is 18.3 Å². The van der Waals surface area contributed by atoms with Crippen LogP contribution in [0.15, 0.2) is 24.4 Å². The van der Waals surface area contributed by atoms with Gasteiger partial charge in [-0.2, -0.15) is 5.10 Å². The van der Waals surface area contributed by atoms with Crippen molar-refractivity contribution in [2.24, 2.45) is 7.05 Å². The van der Waals surface area contributed by atoms with Crippen LogP contribution in [-0.2, 0) is 11.8 Å². The molecule has 0 bridgehead atoms. The van der Waals surface area contributed by atoms with E-state index in [9.17, 15) is 13.6 Å². The second-order valence-corrected chi connectivity index (χ2v) is 6.33. The first kappa shape index (κ1) is 19.6. The zero-order valence-electron chi connectivity index (χ0n) is 13.8. The van der Waals surface area contributed by atoms with Gasteiger partial charge in [-0.05, 0) is 19.1 Å². The minimum absolute atomic E-state index is 0.179. The van der Waals surface area contributed by atoms with Crippen molar-refractivity contribution in [3.05, 3.63) is 51.3 Å². The summed E-state index contributed by atoms with van der Waals surface area (Å²) in [5, 5.41) is 7.13. The average Bonchev–Trinajstić information content (AvgIpc) is 2.92. The van der Waals surface area contributed by atoms with Gasteiger partial charge in [-0.15, -0.1) is 0 Å². The Balaban J connectivity index is 2.22. The number of rotatable bonds is 6. The zero-order chi connectivity index (χ0) is 18.7. The molecule has 1 amide bonds. The lowest BCUT2D eigenvalue weighted by Gasteiger charge is -2.25. The smallest absolute Gasteiger partial charge is 0.282 e. The topological polar surface area (TPSA) is 56.1 Å². The molecule has 25 heavy (non-hydrogen) atoms. The fourth-order valence-electron chi connectivity index (χ4n) is 2.53. The maximum atomic E-state index is 13.0. The van der Waals surface area contributed by atoms with E-state index in [1.165, 1.54) is 25.0 Å². The lowest BCUT2D eigenvalue weighted by molar-refractivity contribution is 0.0641. The van der Waals surface area contributed by atoms with E-state index in [-0.39, 0.29) is 5.56 Å². The maximum Gasteiger partial charge on any atom is 0.282 e. The lowest BCUT2D eigenvalue weighted by Crippen LogP contribution is -2.38. The van der Waals surface area contributed by atoms with Crippen LogP contribution in [-0.4, -0.2) is 28.8 Å². The fraction of sp³-hybridized carbons (Fsp3) is 0.375. The van der Waals surface area contributed by atoms with Crippen LogP contribution in [0.1, 0.15) is 41.1 Å². The van der Waals surface area contributed by atoms with E-state index < -0.39 is 30.2 Å². The summed E-state index contributed by atoms with van der Waals surface area (Å²) in [5.74, 6) is -0.664. The Kier molecular flexibility index (Phi) is 6.37. The molecule has 136 valence electrons. The fourth-order valence-corrected chi connectivity index (χ4v) is 3.05. The summed E-state index contributed by atoms with van der Waals surface area (Å²) in [6, 6.07) is 4.37. The summed E-state index contributed by atoms with van der Waals surface area (Å²) in [6.45, 7) is 1.69. The molecule has 0 fully saturated rings. The van der Waals surface area contributed by atoms with E-state index in [0.717, 1.165) is 0 Å². The Morgan fingerprint density at radius 1 is 1.36 bits per heavy atom. The normalized spacial score (nSPS) is 13.8. The van der Waals surface area contributed by atoms with Gasteiger partial charge < -0.3 is 10.1 Å². The van der Waals surface area contributed by atoms with Crippen molar-refractivity contribution in [2.45, 2.75) is 25.5 Å². The Bertz CT molecular complexity index is 768. The van der Waals surface area contributed by atoms with E-state index in [4.69, 9.17) is 27.9 Å². The molecule has 2 rings (SSSR count). The molecule has 1 aromatic heterocycles. The standard InChI is InChI=1S/C16H17Cl2F2N3O2/c1-8(14(25-3)10-5-4-9(17)6-12(10)18)21-16(24)11-7-23(2)22-13(11)15(19)20/h4-8,14-15H,1-3H3,(H,21,24)/t8?,14-/m1/s1. The van der Waals surface area contributed by atoms with Crippen molar-refractivity contribution >= 4 is 29.1 Å². The maximum absolute atomic E-state index is 13.0. The number of alkyl halides is 2. The average molecular weight is 392 g/mol. The molecule has 0 saturated carbocycles. The molecule has 5 nitrogen and oxygen atoms in total. The van der Waals surface area contributed by atoms with Gasteiger partial charge in [0, 0.05) is 36.0 Å². The van der Waals surface area contributed by atoms with Crippen LogP contribution in [0.3, 0.4) is 0 Å². The van der Waals surface area contributed by atoms with Crippen LogP contribution in [0.5, 0.6) is 0 Å². The Morgan fingerprint density at radius 3 is 2.60 bits per heavy atom. The second-order valence-electron chi connectivity index (χ2n) is 5.49. The molecule has 1 aromatic carbocycles. The van der Waals surface area contributed by atoms with Gasteiger partial charge in [-0.25, -0.2) is 8.78 Å². The van der Waals surface area contributed by atoms with Gasteiger partial charge in [0.25, 0.3) is 12.3 Å². The molecule has 1 heterocycles. The van der Waals surface area contributed by atoms with Crippen LogP contribution in [0.25, 0.3) is 0 Å². The monoisotopic (exact) mass is 391 g/mol. The van der Waals surface area contributed by atoms with Crippen molar-refractivity contribution in [3.63, 3.8) is 0 Å². The minimum atomic E-state index is -2.85. The summed E-state index contributed by atoms with van der Waals surface area (Å²) in [7, 11) is 2.93. The lowest BCUT2D eigenvalue weighted by atomic mass is 10.0. The van der Waals surface area contributed by atoms with Crippen LogP contribution in [0.4, 0.5) is 8.78 Å². The van der Waals surface area contributed by atoms with Crippen molar-refractivity contribution in [1.29, 1.82) is 0 Å². The molecule has 2 atom stereocenters. The van der Waals surface area contributed by atoms with E-state index in [1.807, 2.05) is 0 Å². The molecule has 0 spiro atoms. The third-order valence-electron chi connectivity index (χ3n) is 3.64. The van der Waals surface area contributed by atoms with Gasteiger partial charge in [-0.3, -0.25) is 9.48 Å². The third-order valence-corrected chi connectivity index (χ3v) is 4.21. The van der Waals surface area contributed by atoms with E-state index in [0.29, 0.717) is 15.6 Å². The molecule has 1 unspecified atom stereocenters. The highest BCUT2D eigenvalue weighted by Crippen LogP contribution is 2.30. The molecule has 0 aliphatic rings. The predicted octanol–water partition coefficient (Wildman–Crippen LogP) is 4.17. The molecule has 2 aromatic rings. The molecular weight excluding hydrogens is 375 g/mol. The van der Waals surface area contributed by atoms with E-state index in [2.05, 4.69) is 10.4 Å². The number of hydrogen-bond donors (Lipinski definition) is 1. The number of methoxy groups -OCH3 is 1. The zero-order valence-corrected chi connectivity index (χ0v) is 15.3. The van der Waals surface area contributed by atoms with Gasteiger partial charge in [-0.1, -0.05) is 29.3 Å². The number of aryl methyl sites for hydroxylation is 1. The first-order chi connectivity index (χ1) is 11.7. The first-order valence-electron chi connectivity index (χ1n) is 7.34. The molecule has 0 aliphatic heterocycles. The molecule has 0 saturated heterocycles. The van der Waals surface area contributed by atoms with Gasteiger partial charge in [0.05, 0.1) is 11.6 Å². The van der Waals surface area contributed by atoms with E-state index >= 15 is 0 Å². The van der Waals surface area contributed by atoms with Crippen LogP contribution in [0.2, 0.25) is 10.0 Å². The summed E-state index contributed by atoms with van der Waals surface area (Å²) in [5.41, 5.74) is -0.117. The molecule has 0 radical (unpaired) electrons. The number of carbonyl (C=O) groups excluding carboxylic acids is 1. The highest BCUT2D eigenvalue weighted by molar-refractivity contribution is 6.35.